The summed E-state index contributed by atoms with van der Waals surface area (Å²) in [6.07, 6.45) is 1.63. The zero-order valence-electron chi connectivity index (χ0n) is 9.11. The van der Waals surface area contributed by atoms with Gasteiger partial charge in [-0.2, -0.15) is 0 Å². The Morgan fingerprint density at radius 3 is 2.94 bits per heavy atom. The Morgan fingerprint density at radius 1 is 1.59 bits per heavy atom. The van der Waals surface area contributed by atoms with Crippen molar-refractivity contribution in [3.05, 3.63) is 22.4 Å². The monoisotopic (exact) mass is 319 g/mol. The summed E-state index contributed by atoms with van der Waals surface area (Å²) >= 11 is 3.12. The molecule has 0 radical (unpaired) electrons. The number of hydrogen-bond acceptors (Lipinski definition) is 3. The van der Waals surface area contributed by atoms with E-state index in [-0.39, 0.29) is 5.82 Å². The molecule has 0 fully saturated rings. The zero-order chi connectivity index (χ0) is 12.6. The van der Waals surface area contributed by atoms with E-state index in [9.17, 15) is 8.60 Å². The number of rotatable bonds is 3. The maximum absolute atomic E-state index is 13.3. The van der Waals surface area contributed by atoms with Crippen LogP contribution < -0.4 is 5.73 Å². The highest BCUT2D eigenvalue weighted by atomic mass is 79.9. The number of nitrogen functional groups attached to an aromatic ring is 1. The summed E-state index contributed by atoms with van der Waals surface area (Å²) in [6, 6.07) is 2.96. The summed E-state index contributed by atoms with van der Waals surface area (Å²) in [5, 5.41) is 0. The second-order valence-corrected chi connectivity index (χ2v) is 6.06. The van der Waals surface area contributed by atoms with Gasteiger partial charge >= 0.3 is 0 Å². The Morgan fingerprint density at radius 2 is 2.29 bits per heavy atom. The molecule has 2 N–H and O–H groups in total. The van der Waals surface area contributed by atoms with Crippen LogP contribution in [-0.4, -0.2) is 25.8 Å². The van der Waals surface area contributed by atoms with Crippen LogP contribution in [-0.2, 0) is 17.3 Å². The van der Waals surface area contributed by atoms with E-state index >= 15 is 0 Å². The van der Waals surface area contributed by atoms with Crippen molar-refractivity contribution in [2.45, 2.75) is 6.54 Å². The maximum Gasteiger partial charge on any atom is 0.201 e. The predicted molar refractivity (Wildman–Crippen MR) is 70.7 cm³/mol. The molecule has 0 saturated carbocycles. The minimum atomic E-state index is -0.901. The van der Waals surface area contributed by atoms with E-state index in [0.717, 1.165) is 5.52 Å². The minimum absolute atomic E-state index is 0.308. The Hall–Kier alpha value is -0.950. The van der Waals surface area contributed by atoms with Gasteiger partial charge < -0.3 is 10.3 Å². The van der Waals surface area contributed by atoms with Crippen molar-refractivity contribution in [3.8, 4) is 0 Å². The third-order valence-corrected chi connectivity index (χ3v) is 3.79. The molecule has 17 heavy (non-hydrogen) atoms. The van der Waals surface area contributed by atoms with Crippen LogP contribution in [0.2, 0.25) is 0 Å². The number of hydrogen-bond donors (Lipinski definition) is 1. The van der Waals surface area contributed by atoms with Crippen molar-refractivity contribution >= 4 is 43.7 Å². The first kappa shape index (κ1) is 12.5. The Kier molecular flexibility index (Phi) is 3.48. The topological polar surface area (TPSA) is 60.9 Å². The van der Waals surface area contributed by atoms with Crippen LogP contribution in [0.25, 0.3) is 11.0 Å². The molecule has 7 heteroatoms. The molecular weight excluding hydrogens is 309 g/mol. The van der Waals surface area contributed by atoms with Gasteiger partial charge in [-0.1, -0.05) is 0 Å². The lowest BCUT2D eigenvalue weighted by Crippen LogP contribution is -2.09. The summed E-state index contributed by atoms with van der Waals surface area (Å²) in [6.45, 7) is 0.503. The summed E-state index contributed by atoms with van der Waals surface area (Å²) in [5.74, 6) is 0.425. The molecule has 0 spiro atoms. The lowest BCUT2D eigenvalue weighted by atomic mass is 10.3. The van der Waals surface area contributed by atoms with Gasteiger partial charge in [-0.05, 0) is 22.0 Å². The van der Waals surface area contributed by atoms with Crippen molar-refractivity contribution in [1.29, 1.82) is 0 Å². The zero-order valence-corrected chi connectivity index (χ0v) is 11.5. The van der Waals surface area contributed by atoms with Gasteiger partial charge in [0.05, 0.1) is 15.5 Å². The fraction of sp³-hybridized carbons (Fsp3) is 0.300. The molecule has 0 bridgehead atoms. The van der Waals surface area contributed by atoms with E-state index in [1.54, 1.807) is 16.9 Å². The molecule has 2 aromatic rings. The van der Waals surface area contributed by atoms with E-state index in [1.807, 2.05) is 0 Å². The second-order valence-electron chi connectivity index (χ2n) is 3.65. The molecule has 2 rings (SSSR count). The van der Waals surface area contributed by atoms with Crippen LogP contribution in [0.5, 0.6) is 0 Å². The van der Waals surface area contributed by atoms with E-state index in [0.29, 0.717) is 28.2 Å². The van der Waals surface area contributed by atoms with Crippen molar-refractivity contribution in [2.75, 3.05) is 17.7 Å². The molecule has 0 aliphatic rings. The molecule has 0 amide bonds. The highest BCUT2D eigenvalue weighted by molar-refractivity contribution is 9.10. The quantitative estimate of drug-likeness (QED) is 0.939. The number of anilines is 1. The first-order valence-electron chi connectivity index (χ1n) is 4.90. The van der Waals surface area contributed by atoms with Crippen LogP contribution >= 0.6 is 15.9 Å². The van der Waals surface area contributed by atoms with E-state index in [1.165, 1.54) is 6.07 Å². The molecule has 0 aliphatic heterocycles. The number of aryl methyl sites for hydroxylation is 1. The average molecular weight is 320 g/mol. The molecular formula is C10H11BrFN3OS. The first-order chi connectivity index (χ1) is 7.99. The molecule has 0 saturated heterocycles. The lowest BCUT2D eigenvalue weighted by Gasteiger charge is -2.05. The molecule has 0 aliphatic carbocycles. The standard InChI is InChI=1S/C10H11BrFN3OS/c1-17(16)3-2-15-9-4-6(11)7(12)5-8(9)14-10(15)13/h4-5H,2-3H2,1H3,(H2,13,14). The molecule has 1 aromatic carbocycles. The molecule has 92 valence electrons. The molecule has 1 atom stereocenters. The number of fused-ring (bicyclic) bond motifs is 1. The van der Waals surface area contributed by atoms with Gasteiger partial charge in [0.25, 0.3) is 0 Å². The first-order valence-corrected chi connectivity index (χ1v) is 7.42. The van der Waals surface area contributed by atoms with Crippen LogP contribution in [0.3, 0.4) is 0 Å². The fourth-order valence-corrected chi connectivity index (χ4v) is 2.36. The van der Waals surface area contributed by atoms with Gasteiger partial charge in [0.15, 0.2) is 0 Å². The molecule has 1 aromatic heterocycles. The number of benzene rings is 1. The smallest absolute Gasteiger partial charge is 0.201 e. The van der Waals surface area contributed by atoms with Crippen LogP contribution in [0, 0.1) is 5.82 Å². The van der Waals surface area contributed by atoms with Gasteiger partial charge in [-0.3, -0.25) is 4.21 Å². The van der Waals surface area contributed by atoms with Crippen molar-refractivity contribution in [3.63, 3.8) is 0 Å². The van der Waals surface area contributed by atoms with Gasteiger partial charge in [0, 0.05) is 35.4 Å². The van der Waals surface area contributed by atoms with Gasteiger partial charge in [0.1, 0.15) is 5.82 Å². The van der Waals surface area contributed by atoms with Crippen molar-refractivity contribution in [2.24, 2.45) is 0 Å². The molecule has 4 nitrogen and oxygen atoms in total. The summed E-state index contributed by atoms with van der Waals surface area (Å²) in [4.78, 5) is 4.07. The average Bonchev–Trinajstić information content (AvgIpc) is 2.52. The minimum Gasteiger partial charge on any atom is -0.369 e. The molecule has 1 unspecified atom stereocenters. The van der Waals surface area contributed by atoms with Gasteiger partial charge in [-0.25, -0.2) is 9.37 Å². The third kappa shape index (κ3) is 2.50. The second kappa shape index (κ2) is 4.73. The largest absolute Gasteiger partial charge is 0.369 e. The Bertz CT molecular complexity index is 599. The predicted octanol–water partition coefficient (Wildman–Crippen LogP) is 1.90. The summed E-state index contributed by atoms with van der Waals surface area (Å²) in [5.41, 5.74) is 7.00. The molecule has 1 heterocycles. The van der Waals surface area contributed by atoms with E-state index < -0.39 is 10.8 Å². The van der Waals surface area contributed by atoms with Crippen molar-refractivity contribution in [1.82, 2.24) is 9.55 Å². The normalized spacial score (nSPS) is 13.1. The number of nitrogens with two attached hydrogens (primary N) is 1. The highest BCUT2D eigenvalue weighted by Gasteiger charge is 2.11. The van der Waals surface area contributed by atoms with E-state index in [2.05, 4.69) is 20.9 Å². The Labute approximate surface area is 109 Å². The van der Waals surface area contributed by atoms with Gasteiger partial charge in [-0.15, -0.1) is 0 Å². The fourth-order valence-electron chi connectivity index (χ4n) is 1.59. The number of imidazole rings is 1. The van der Waals surface area contributed by atoms with Gasteiger partial charge in [0.2, 0.25) is 5.95 Å². The van der Waals surface area contributed by atoms with Crippen molar-refractivity contribution < 1.29 is 8.60 Å². The summed E-state index contributed by atoms with van der Waals surface area (Å²) < 4.78 is 26.5. The van der Waals surface area contributed by atoms with Crippen LogP contribution in [0.1, 0.15) is 0 Å². The number of aromatic nitrogens is 2. The number of halogens is 2. The summed E-state index contributed by atoms with van der Waals surface area (Å²) in [7, 11) is -0.901. The van der Waals surface area contributed by atoms with E-state index in [4.69, 9.17) is 5.73 Å². The SMILES string of the molecule is CS(=O)CCn1c(N)nc2cc(F)c(Br)cc21. The number of nitrogens with zero attached hydrogens (tertiary/aromatic N) is 2. The third-order valence-electron chi connectivity index (χ3n) is 2.42. The lowest BCUT2D eigenvalue weighted by molar-refractivity contribution is 0.622. The Balaban J connectivity index is 2.50. The maximum atomic E-state index is 13.3. The van der Waals surface area contributed by atoms with Crippen LogP contribution in [0.4, 0.5) is 10.3 Å². The van der Waals surface area contributed by atoms with Crippen LogP contribution in [0.15, 0.2) is 16.6 Å². The highest BCUT2D eigenvalue weighted by Crippen LogP contribution is 2.25.